The second-order valence-electron chi connectivity index (χ2n) is 5.12. The normalized spacial score (nSPS) is 16.5. The molecule has 19 heavy (non-hydrogen) atoms. The largest absolute Gasteiger partial charge is 0.481 e. The lowest BCUT2D eigenvalue weighted by atomic mass is 9.74. The number of amides is 1. The van der Waals surface area contributed by atoms with E-state index >= 15 is 0 Å². The summed E-state index contributed by atoms with van der Waals surface area (Å²) in [4.78, 5) is 23.0. The Morgan fingerprint density at radius 1 is 1.42 bits per heavy atom. The first-order chi connectivity index (χ1) is 8.92. The summed E-state index contributed by atoms with van der Waals surface area (Å²) in [5.74, 6) is -1.08. The lowest BCUT2D eigenvalue weighted by Gasteiger charge is -2.41. The topological polar surface area (TPSA) is 66.4 Å². The molecule has 1 fully saturated rings. The lowest BCUT2D eigenvalue weighted by Crippen LogP contribution is -2.54. The van der Waals surface area contributed by atoms with Crippen LogP contribution in [0.4, 0.5) is 0 Å². The molecule has 1 aliphatic carbocycles. The van der Waals surface area contributed by atoms with Crippen LogP contribution in [0, 0.1) is 6.92 Å². The monoisotopic (exact) mass is 325 g/mol. The van der Waals surface area contributed by atoms with Crippen LogP contribution in [-0.2, 0) is 4.79 Å². The second-order valence-corrected chi connectivity index (χ2v) is 5.98. The van der Waals surface area contributed by atoms with Crippen LogP contribution in [-0.4, -0.2) is 22.5 Å². The summed E-state index contributed by atoms with van der Waals surface area (Å²) in [7, 11) is 0. The van der Waals surface area contributed by atoms with Crippen LogP contribution in [0.25, 0.3) is 0 Å². The molecule has 0 unspecified atom stereocenters. The maximum atomic E-state index is 12.2. The Kier molecular flexibility index (Phi) is 3.94. The van der Waals surface area contributed by atoms with E-state index in [9.17, 15) is 9.59 Å². The molecule has 4 nitrogen and oxygen atoms in total. The first kappa shape index (κ1) is 14.1. The molecule has 0 aromatic heterocycles. The number of carbonyl (C=O) groups is 2. The fourth-order valence-electron chi connectivity index (χ4n) is 2.29. The molecule has 5 heteroatoms. The molecule has 2 N–H and O–H groups in total. The predicted molar refractivity (Wildman–Crippen MR) is 75.2 cm³/mol. The Balaban J connectivity index is 2.11. The molecule has 1 aliphatic rings. The van der Waals surface area contributed by atoms with Crippen molar-refractivity contribution in [2.24, 2.45) is 0 Å². The van der Waals surface area contributed by atoms with Crippen LogP contribution in [0.3, 0.4) is 0 Å². The number of carboxylic acids is 1. The maximum absolute atomic E-state index is 12.2. The van der Waals surface area contributed by atoms with Crippen LogP contribution in [0.5, 0.6) is 0 Å². The third kappa shape index (κ3) is 3.15. The number of halogens is 1. The highest BCUT2D eigenvalue weighted by molar-refractivity contribution is 9.10. The van der Waals surface area contributed by atoms with Crippen molar-refractivity contribution in [1.82, 2.24) is 5.32 Å². The minimum absolute atomic E-state index is 0.00816. The van der Waals surface area contributed by atoms with Gasteiger partial charge in [0.25, 0.3) is 5.91 Å². The first-order valence-electron chi connectivity index (χ1n) is 6.22. The Morgan fingerprint density at radius 2 is 2.11 bits per heavy atom. The SMILES string of the molecule is Cc1ccc(C(=O)NC2(CC(=O)O)CCC2)cc1Br. The Morgan fingerprint density at radius 3 is 2.58 bits per heavy atom. The fraction of sp³-hybridized carbons (Fsp3) is 0.429. The Bertz CT molecular complexity index is 523. The number of carbonyl (C=O) groups excluding carboxylic acids is 1. The van der Waals surface area contributed by atoms with Crippen molar-refractivity contribution in [3.63, 3.8) is 0 Å². The quantitative estimate of drug-likeness (QED) is 0.894. The number of benzene rings is 1. The predicted octanol–water partition coefficient (Wildman–Crippen LogP) is 2.88. The average molecular weight is 326 g/mol. The van der Waals surface area contributed by atoms with Crippen LogP contribution in [0.1, 0.15) is 41.6 Å². The zero-order valence-electron chi connectivity index (χ0n) is 10.7. The van der Waals surface area contributed by atoms with Crippen LogP contribution >= 0.6 is 15.9 Å². The number of hydrogen-bond donors (Lipinski definition) is 2. The second kappa shape index (κ2) is 5.33. The number of aliphatic carboxylic acids is 1. The lowest BCUT2D eigenvalue weighted by molar-refractivity contribution is -0.139. The molecule has 1 aromatic carbocycles. The van der Waals surface area contributed by atoms with E-state index in [-0.39, 0.29) is 12.3 Å². The smallest absolute Gasteiger partial charge is 0.305 e. The molecule has 2 rings (SSSR count). The van der Waals surface area contributed by atoms with Gasteiger partial charge in [-0.1, -0.05) is 22.0 Å². The molecule has 1 amide bonds. The van der Waals surface area contributed by atoms with Crippen LogP contribution < -0.4 is 5.32 Å². The van der Waals surface area contributed by atoms with E-state index in [0.717, 1.165) is 29.3 Å². The average Bonchev–Trinajstić information content (AvgIpc) is 2.29. The Labute approximate surface area is 120 Å². The third-order valence-corrected chi connectivity index (χ3v) is 4.47. The third-order valence-electron chi connectivity index (χ3n) is 3.61. The van der Waals surface area contributed by atoms with Gasteiger partial charge in [-0.2, -0.15) is 0 Å². The van der Waals surface area contributed by atoms with Crippen molar-refractivity contribution in [1.29, 1.82) is 0 Å². The van der Waals surface area contributed by atoms with Crippen LogP contribution in [0.15, 0.2) is 22.7 Å². The zero-order chi connectivity index (χ0) is 14.0. The summed E-state index contributed by atoms with van der Waals surface area (Å²) < 4.78 is 0.876. The van der Waals surface area contributed by atoms with Gasteiger partial charge >= 0.3 is 5.97 Å². The summed E-state index contributed by atoms with van der Waals surface area (Å²) in [6.07, 6.45) is 2.42. The molecule has 0 heterocycles. The zero-order valence-corrected chi connectivity index (χ0v) is 12.3. The van der Waals surface area contributed by atoms with Gasteiger partial charge in [-0.25, -0.2) is 0 Å². The van der Waals surface area contributed by atoms with E-state index in [1.165, 1.54) is 0 Å². The van der Waals surface area contributed by atoms with Crippen molar-refractivity contribution in [2.45, 2.75) is 38.1 Å². The van der Waals surface area contributed by atoms with Gasteiger partial charge in [0.1, 0.15) is 0 Å². The van der Waals surface area contributed by atoms with Gasteiger partial charge in [0, 0.05) is 10.0 Å². The summed E-state index contributed by atoms with van der Waals surface area (Å²) in [5, 5.41) is 11.8. The van der Waals surface area contributed by atoms with Gasteiger partial charge in [0.2, 0.25) is 0 Å². The molecule has 0 bridgehead atoms. The van der Waals surface area contributed by atoms with E-state index in [1.807, 2.05) is 13.0 Å². The van der Waals surface area contributed by atoms with E-state index in [4.69, 9.17) is 5.11 Å². The molecule has 1 aromatic rings. The van der Waals surface area contributed by atoms with Crippen molar-refractivity contribution in [3.05, 3.63) is 33.8 Å². The van der Waals surface area contributed by atoms with Crippen molar-refractivity contribution >= 4 is 27.8 Å². The summed E-state index contributed by atoms with van der Waals surface area (Å²) in [6, 6.07) is 5.38. The minimum Gasteiger partial charge on any atom is -0.481 e. The minimum atomic E-state index is -0.870. The van der Waals surface area contributed by atoms with E-state index in [2.05, 4.69) is 21.2 Å². The highest BCUT2D eigenvalue weighted by Crippen LogP contribution is 2.35. The Hall–Kier alpha value is -1.36. The number of rotatable bonds is 4. The number of hydrogen-bond acceptors (Lipinski definition) is 2. The molecule has 0 radical (unpaired) electrons. The number of carboxylic acid groups (broad SMARTS) is 1. The standard InChI is InChI=1S/C14H16BrNO3/c1-9-3-4-10(7-11(9)15)13(19)16-14(5-2-6-14)8-12(17)18/h3-4,7H,2,5-6,8H2,1H3,(H,16,19)(H,17,18). The van der Waals surface area contributed by atoms with Gasteiger partial charge in [-0.15, -0.1) is 0 Å². The number of aryl methyl sites for hydroxylation is 1. The van der Waals surface area contributed by atoms with E-state index < -0.39 is 11.5 Å². The summed E-state index contributed by atoms with van der Waals surface area (Å²) in [5.41, 5.74) is 1.05. The molecular weight excluding hydrogens is 310 g/mol. The van der Waals surface area contributed by atoms with Crippen molar-refractivity contribution in [3.8, 4) is 0 Å². The number of nitrogens with one attached hydrogen (secondary N) is 1. The van der Waals surface area contributed by atoms with Gasteiger partial charge in [-0.05, 0) is 43.9 Å². The molecule has 0 spiro atoms. The van der Waals surface area contributed by atoms with Crippen molar-refractivity contribution in [2.75, 3.05) is 0 Å². The van der Waals surface area contributed by atoms with Gasteiger partial charge in [0.15, 0.2) is 0 Å². The van der Waals surface area contributed by atoms with Gasteiger partial charge in [-0.3, -0.25) is 9.59 Å². The summed E-state index contributed by atoms with van der Waals surface area (Å²) in [6.45, 7) is 1.95. The fourth-order valence-corrected chi connectivity index (χ4v) is 2.66. The van der Waals surface area contributed by atoms with E-state index in [1.54, 1.807) is 12.1 Å². The van der Waals surface area contributed by atoms with Gasteiger partial charge in [0.05, 0.1) is 12.0 Å². The molecule has 0 aliphatic heterocycles. The molecule has 0 atom stereocenters. The highest BCUT2D eigenvalue weighted by Gasteiger charge is 2.40. The molecular formula is C14H16BrNO3. The van der Waals surface area contributed by atoms with Crippen molar-refractivity contribution < 1.29 is 14.7 Å². The maximum Gasteiger partial charge on any atom is 0.305 e. The van der Waals surface area contributed by atoms with Crippen LogP contribution in [0.2, 0.25) is 0 Å². The molecule has 1 saturated carbocycles. The molecule has 0 saturated heterocycles. The van der Waals surface area contributed by atoms with E-state index in [0.29, 0.717) is 5.56 Å². The summed E-state index contributed by atoms with van der Waals surface area (Å²) >= 11 is 3.39. The van der Waals surface area contributed by atoms with Gasteiger partial charge < -0.3 is 10.4 Å². The highest BCUT2D eigenvalue weighted by atomic mass is 79.9. The molecule has 102 valence electrons. The first-order valence-corrected chi connectivity index (χ1v) is 7.02.